The Kier molecular flexibility index (Phi) is 2.64. The van der Waals surface area contributed by atoms with E-state index in [-0.39, 0.29) is 5.56 Å². The first kappa shape index (κ1) is 10.7. The number of carboxylic acid groups (broad SMARTS) is 1. The number of carboxylic acids is 1. The third-order valence-corrected chi connectivity index (χ3v) is 2.63. The number of aromatic carboxylic acids is 1. The summed E-state index contributed by atoms with van der Waals surface area (Å²) in [7, 11) is 0. The van der Waals surface area contributed by atoms with Gasteiger partial charge in [-0.25, -0.2) is 9.78 Å². The van der Waals surface area contributed by atoms with E-state index in [0.29, 0.717) is 0 Å². The Labute approximate surface area is 93.5 Å². The van der Waals surface area contributed by atoms with Crippen LogP contribution in [0.1, 0.15) is 29.5 Å². The molecule has 16 heavy (non-hydrogen) atoms. The molecular formula is C12H14N2O2. The monoisotopic (exact) mass is 218 g/mol. The van der Waals surface area contributed by atoms with Crippen molar-refractivity contribution in [2.24, 2.45) is 0 Å². The molecule has 2 rings (SSSR count). The van der Waals surface area contributed by atoms with Gasteiger partial charge in [0.2, 0.25) is 0 Å². The van der Waals surface area contributed by atoms with Gasteiger partial charge in [0.15, 0.2) is 0 Å². The van der Waals surface area contributed by atoms with Gasteiger partial charge in [0.05, 0.1) is 16.6 Å². The van der Waals surface area contributed by atoms with Gasteiger partial charge in [0.25, 0.3) is 0 Å². The third-order valence-electron chi connectivity index (χ3n) is 2.63. The lowest BCUT2D eigenvalue weighted by molar-refractivity contribution is 0.0697. The van der Waals surface area contributed by atoms with Gasteiger partial charge >= 0.3 is 5.97 Å². The molecule has 4 nitrogen and oxygen atoms in total. The molecule has 2 aromatic rings. The summed E-state index contributed by atoms with van der Waals surface area (Å²) in [6.07, 6.45) is 1.03. The summed E-state index contributed by atoms with van der Waals surface area (Å²) in [6.45, 7) is 4.96. The van der Waals surface area contributed by atoms with Crippen LogP contribution in [0.25, 0.3) is 11.0 Å². The van der Waals surface area contributed by atoms with Crippen molar-refractivity contribution >= 4 is 17.0 Å². The van der Waals surface area contributed by atoms with Crippen LogP contribution in [-0.4, -0.2) is 20.6 Å². The van der Waals surface area contributed by atoms with Gasteiger partial charge in [-0.3, -0.25) is 0 Å². The van der Waals surface area contributed by atoms with Crippen LogP contribution in [0.15, 0.2) is 18.2 Å². The van der Waals surface area contributed by atoms with E-state index in [1.54, 1.807) is 12.1 Å². The summed E-state index contributed by atoms with van der Waals surface area (Å²) in [4.78, 5) is 15.2. The normalized spacial score (nSPS) is 10.9. The van der Waals surface area contributed by atoms with Gasteiger partial charge in [0.1, 0.15) is 5.82 Å². The molecule has 0 aliphatic rings. The average Bonchev–Trinajstić information content (AvgIpc) is 2.55. The van der Waals surface area contributed by atoms with E-state index >= 15 is 0 Å². The quantitative estimate of drug-likeness (QED) is 0.860. The molecule has 0 spiro atoms. The van der Waals surface area contributed by atoms with Gasteiger partial charge in [-0.2, -0.15) is 0 Å². The molecule has 0 aliphatic carbocycles. The summed E-state index contributed by atoms with van der Waals surface area (Å²) in [5, 5.41) is 8.89. The van der Waals surface area contributed by atoms with Crippen molar-refractivity contribution < 1.29 is 9.90 Å². The fraction of sp³-hybridized carbons (Fsp3) is 0.333. The first-order valence-corrected chi connectivity index (χ1v) is 5.33. The smallest absolute Gasteiger partial charge is 0.335 e. The molecule has 1 aromatic carbocycles. The minimum atomic E-state index is -0.912. The number of rotatable bonds is 3. The predicted octanol–water partition coefficient (Wildman–Crippen LogP) is 2.45. The molecule has 0 radical (unpaired) electrons. The molecule has 0 saturated heterocycles. The number of aromatic nitrogens is 2. The van der Waals surface area contributed by atoms with E-state index in [4.69, 9.17) is 5.11 Å². The van der Waals surface area contributed by atoms with E-state index in [1.165, 1.54) is 0 Å². The third kappa shape index (κ3) is 1.66. The Morgan fingerprint density at radius 3 is 2.88 bits per heavy atom. The van der Waals surface area contributed by atoms with Crippen molar-refractivity contribution in [1.29, 1.82) is 0 Å². The van der Waals surface area contributed by atoms with Gasteiger partial charge < -0.3 is 9.67 Å². The number of benzene rings is 1. The van der Waals surface area contributed by atoms with Crippen molar-refractivity contribution in [1.82, 2.24) is 9.55 Å². The lowest BCUT2D eigenvalue weighted by Gasteiger charge is -2.03. The highest BCUT2D eigenvalue weighted by Gasteiger charge is 2.09. The lowest BCUT2D eigenvalue weighted by Crippen LogP contribution is -1.99. The van der Waals surface area contributed by atoms with E-state index in [9.17, 15) is 4.79 Å². The van der Waals surface area contributed by atoms with Crippen LogP contribution in [0.4, 0.5) is 0 Å². The zero-order valence-corrected chi connectivity index (χ0v) is 9.40. The average molecular weight is 218 g/mol. The Morgan fingerprint density at radius 2 is 2.25 bits per heavy atom. The number of nitrogens with zero attached hydrogens (tertiary/aromatic N) is 2. The molecule has 4 heteroatoms. The SMILES string of the molecule is CCCn1c(C)nc2cc(C(=O)O)ccc21. The number of aryl methyl sites for hydroxylation is 2. The fourth-order valence-electron chi connectivity index (χ4n) is 1.89. The molecule has 0 atom stereocenters. The topological polar surface area (TPSA) is 55.1 Å². The first-order chi connectivity index (χ1) is 7.63. The van der Waals surface area contributed by atoms with Crippen LogP contribution >= 0.6 is 0 Å². The molecule has 0 bridgehead atoms. The Morgan fingerprint density at radius 1 is 1.50 bits per heavy atom. The van der Waals surface area contributed by atoms with Crippen LogP contribution in [0.5, 0.6) is 0 Å². The number of imidazole rings is 1. The van der Waals surface area contributed by atoms with Crippen LogP contribution in [0.2, 0.25) is 0 Å². The van der Waals surface area contributed by atoms with Crippen molar-refractivity contribution in [2.45, 2.75) is 26.8 Å². The Hall–Kier alpha value is -1.84. The summed E-state index contributed by atoms with van der Waals surface area (Å²) < 4.78 is 2.11. The van der Waals surface area contributed by atoms with E-state index in [1.807, 2.05) is 13.0 Å². The molecule has 0 fully saturated rings. The molecule has 0 aliphatic heterocycles. The molecule has 1 aromatic heterocycles. The zero-order valence-electron chi connectivity index (χ0n) is 9.40. The second-order valence-corrected chi connectivity index (χ2v) is 3.82. The highest BCUT2D eigenvalue weighted by Crippen LogP contribution is 2.18. The van der Waals surface area contributed by atoms with E-state index in [0.717, 1.165) is 29.8 Å². The molecule has 0 unspecified atom stereocenters. The maximum atomic E-state index is 10.8. The largest absolute Gasteiger partial charge is 0.478 e. The number of hydrogen-bond acceptors (Lipinski definition) is 2. The number of fused-ring (bicyclic) bond motifs is 1. The van der Waals surface area contributed by atoms with Gasteiger partial charge in [0, 0.05) is 6.54 Å². The summed E-state index contributed by atoms with van der Waals surface area (Å²) in [5.74, 6) is 0.0176. The van der Waals surface area contributed by atoms with Crippen LogP contribution in [0.3, 0.4) is 0 Å². The minimum absolute atomic E-state index is 0.286. The molecule has 1 N–H and O–H groups in total. The highest BCUT2D eigenvalue weighted by atomic mass is 16.4. The Bertz CT molecular complexity index is 543. The van der Waals surface area contributed by atoms with Crippen LogP contribution in [-0.2, 0) is 6.54 Å². The maximum Gasteiger partial charge on any atom is 0.335 e. The predicted molar refractivity (Wildman–Crippen MR) is 61.7 cm³/mol. The number of hydrogen-bond donors (Lipinski definition) is 1. The number of carbonyl (C=O) groups is 1. The standard InChI is InChI=1S/C12H14N2O2/c1-3-6-14-8(2)13-10-7-9(12(15)16)4-5-11(10)14/h4-5,7H,3,6H2,1-2H3,(H,15,16). The van der Waals surface area contributed by atoms with Gasteiger partial charge in [-0.05, 0) is 31.5 Å². The van der Waals surface area contributed by atoms with Crippen LogP contribution in [0, 0.1) is 6.92 Å². The molecular weight excluding hydrogens is 204 g/mol. The van der Waals surface area contributed by atoms with Crippen LogP contribution < -0.4 is 0 Å². The minimum Gasteiger partial charge on any atom is -0.478 e. The van der Waals surface area contributed by atoms with Crippen molar-refractivity contribution in [3.63, 3.8) is 0 Å². The summed E-state index contributed by atoms with van der Waals surface area (Å²) >= 11 is 0. The molecule has 1 heterocycles. The lowest BCUT2D eigenvalue weighted by atomic mass is 10.2. The fourth-order valence-corrected chi connectivity index (χ4v) is 1.89. The second-order valence-electron chi connectivity index (χ2n) is 3.82. The molecule has 0 amide bonds. The zero-order chi connectivity index (χ0) is 11.7. The van der Waals surface area contributed by atoms with E-state index in [2.05, 4.69) is 16.5 Å². The Balaban J connectivity index is 2.60. The van der Waals surface area contributed by atoms with Crippen molar-refractivity contribution in [3.05, 3.63) is 29.6 Å². The molecule has 84 valence electrons. The second kappa shape index (κ2) is 3.96. The molecule has 0 saturated carbocycles. The van der Waals surface area contributed by atoms with Gasteiger partial charge in [-0.15, -0.1) is 0 Å². The first-order valence-electron chi connectivity index (χ1n) is 5.33. The summed E-state index contributed by atoms with van der Waals surface area (Å²) in [6, 6.07) is 5.07. The highest BCUT2D eigenvalue weighted by molar-refractivity contribution is 5.92. The maximum absolute atomic E-state index is 10.8. The van der Waals surface area contributed by atoms with E-state index < -0.39 is 5.97 Å². The van der Waals surface area contributed by atoms with Gasteiger partial charge in [-0.1, -0.05) is 6.92 Å². The van der Waals surface area contributed by atoms with Crippen molar-refractivity contribution in [3.8, 4) is 0 Å². The summed E-state index contributed by atoms with van der Waals surface area (Å²) in [5.41, 5.74) is 2.05. The van der Waals surface area contributed by atoms with Crippen molar-refractivity contribution in [2.75, 3.05) is 0 Å².